The molecular weight excluding hydrogens is 533 g/mol. The Morgan fingerprint density at radius 2 is 0.439 bits per heavy atom. The van der Waals surface area contributed by atoms with Crippen molar-refractivity contribution in [2.75, 3.05) is 11.5 Å². The summed E-state index contributed by atoms with van der Waals surface area (Å²) in [4.78, 5) is 0. The normalized spacial score (nSPS) is 12.0. The van der Waals surface area contributed by atoms with Crippen molar-refractivity contribution in [2.24, 2.45) is 0 Å². The van der Waals surface area contributed by atoms with E-state index in [1.54, 1.807) is 0 Å². The van der Waals surface area contributed by atoms with Crippen molar-refractivity contribution in [1.82, 2.24) is 0 Å². The Balaban J connectivity index is 3.26. The maximum absolute atomic E-state index is 2.46. The summed E-state index contributed by atoms with van der Waals surface area (Å²) in [5.74, 6) is 2.72. The molecule has 0 radical (unpaired) electrons. The maximum atomic E-state index is 2.46. The molecule has 0 aliphatic rings. The second-order valence-electron chi connectivity index (χ2n) is 13.7. The molecule has 0 fully saturated rings. The van der Waals surface area contributed by atoms with Gasteiger partial charge in [-0.25, -0.2) is 0 Å². The van der Waals surface area contributed by atoms with Gasteiger partial charge in [0.25, 0.3) is 0 Å². The molecule has 0 unspecified atom stereocenters. The minimum absolute atomic E-state index is 0.408. The Morgan fingerprint density at radius 3 is 0.634 bits per heavy atom. The van der Waals surface area contributed by atoms with Gasteiger partial charge in [-0.05, 0) is 38.2 Å². The monoisotopic (exact) mass is 613 g/mol. The Hall–Kier alpha value is 0.700. The molecule has 0 spiro atoms. The molecule has 0 N–H and O–H groups in total. The average Bonchev–Trinajstić information content (AvgIpc) is 2.96. The first-order valence-corrected chi connectivity index (χ1v) is 21.4. The van der Waals surface area contributed by atoms with Gasteiger partial charge in [0.2, 0.25) is 0 Å². The highest BCUT2D eigenvalue weighted by Gasteiger charge is 2.17. The molecule has 0 saturated carbocycles. The molecule has 0 amide bonds. The van der Waals surface area contributed by atoms with Crippen molar-refractivity contribution in [1.29, 1.82) is 0 Å². The summed E-state index contributed by atoms with van der Waals surface area (Å²) in [5.41, 5.74) is 0. The van der Waals surface area contributed by atoms with E-state index in [2.05, 4.69) is 51.2 Å². The van der Waals surface area contributed by atoms with Gasteiger partial charge in [-0.3, -0.25) is 0 Å². The third kappa shape index (κ3) is 36.8. The molecule has 41 heavy (non-hydrogen) atoms. The predicted octanol–water partition coefficient (Wildman–Crippen LogP) is 15.7. The molecule has 0 saturated heterocycles. The van der Waals surface area contributed by atoms with Gasteiger partial charge in [0.1, 0.15) is 0 Å². The molecule has 0 aromatic heterocycles. The standard InChI is InChI=1S/C39H80S2/c1-5-7-9-11-13-15-17-19-21-23-25-27-29-31-33-35-37-40-39(3,4)41-38-36-34-32-30-28-26-24-22-20-18-16-14-12-10-8-6-2/h5-38H2,1-4H3. The van der Waals surface area contributed by atoms with Crippen LogP contribution < -0.4 is 0 Å². The van der Waals surface area contributed by atoms with Crippen LogP contribution in [-0.2, 0) is 0 Å². The van der Waals surface area contributed by atoms with E-state index in [1.165, 1.54) is 217 Å². The van der Waals surface area contributed by atoms with E-state index in [1.807, 2.05) is 0 Å². The minimum atomic E-state index is 0.408. The molecule has 0 nitrogen and oxygen atoms in total. The fourth-order valence-electron chi connectivity index (χ4n) is 5.98. The van der Waals surface area contributed by atoms with Gasteiger partial charge in [-0.15, -0.1) is 23.5 Å². The predicted molar refractivity (Wildman–Crippen MR) is 198 cm³/mol. The Kier molecular flexibility index (Phi) is 35.8. The third-order valence-corrected chi connectivity index (χ3v) is 12.0. The first-order chi connectivity index (χ1) is 20.1. The number of unbranched alkanes of at least 4 members (excludes halogenated alkanes) is 30. The van der Waals surface area contributed by atoms with E-state index in [0.29, 0.717) is 4.08 Å². The van der Waals surface area contributed by atoms with Gasteiger partial charge in [0.15, 0.2) is 0 Å². The molecular formula is C39H80S2. The van der Waals surface area contributed by atoms with Crippen LogP contribution in [0.3, 0.4) is 0 Å². The molecule has 0 atom stereocenters. The lowest BCUT2D eigenvalue weighted by Gasteiger charge is -2.23. The van der Waals surface area contributed by atoms with Gasteiger partial charge in [-0.2, -0.15) is 0 Å². The van der Waals surface area contributed by atoms with Crippen LogP contribution in [0.25, 0.3) is 0 Å². The zero-order chi connectivity index (χ0) is 30.0. The summed E-state index contributed by atoms with van der Waals surface area (Å²) in [6.07, 6.45) is 46.8. The molecule has 0 rings (SSSR count). The Labute approximate surface area is 271 Å². The van der Waals surface area contributed by atoms with Crippen molar-refractivity contribution in [3.05, 3.63) is 0 Å². The number of hydrogen-bond donors (Lipinski definition) is 0. The number of hydrogen-bond acceptors (Lipinski definition) is 2. The van der Waals surface area contributed by atoms with Crippen LogP contribution in [0.15, 0.2) is 0 Å². The van der Waals surface area contributed by atoms with Crippen molar-refractivity contribution in [2.45, 2.75) is 237 Å². The van der Waals surface area contributed by atoms with Crippen LogP contribution in [-0.4, -0.2) is 15.6 Å². The number of rotatable bonds is 36. The second kappa shape index (κ2) is 35.2. The highest BCUT2D eigenvalue weighted by molar-refractivity contribution is 8.18. The van der Waals surface area contributed by atoms with Crippen LogP contribution in [0.1, 0.15) is 233 Å². The minimum Gasteiger partial charge on any atom is -0.145 e. The average molecular weight is 613 g/mol. The highest BCUT2D eigenvalue weighted by atomic mass is 32.2. The largest absolute Gasteiger partial charge is 0.145 e. The lowest BCUT2D eigenvalue weighted by Crippen LogP contribution is -2.10. The summed E-state index contributed by atoms with van der Waals surface area (Å²) in [5, 5.41) is 0. The smallest absolute Gasteiger partial charge is 0.0555 e. The van der Waals surface area contributed by atoms with Gasteiger partial charge < -0.3 is 0 Å². The van der Waals surface area contributed by atoms with Crippen molar-refractivity contribution < 1.29 is 0 Å². The van der Waals surface area contributed by atoms with E-state index < -0.39 is 0 Å². The van der Waals surface area contributed by atoms with Crippen LogP contribution >= 0.6 is 23.5 Å². The third-order valence-electron chi connectivity index (χ3n) is 8.90. The lowest BCUT2D eigenvalue weighted by molar-refractivity contribution is 0.531. The molecule has 0 aromatic carbocycles. The van der Waals surface area contributed by atoms with Gasteiger partial charge in [0.05, 0.1) is 4.08 Å². The van der Waals surface area contributed by atoms with Gasteiger partial charge >= 0.3 is 0 Å². The Morgan fingerprint density at radius 1 is 0.268 bits per heavy atom. The molecule has 2 heteroatoms. The highest BCUT2D eigenvalue weighted by Crippen LogP contribution is 2.37. The fraction of sp³-hybridized carbons (Fsp3) is 1.00. The fourth-order valence-corrected chi connectivity index (χ4v) is 8.49. The van der Waals surface area contributed by atoms with E-state index in [9.17, 15) is 0 Å². The first kappa shape index (κ1) is 41.7. The molecule has 0 aromatic rings. The lowest BCUT2D eigenvalue weighted by atomic mass is 10.0. The quantitative estimate of drug-likeness (QED) is 0.0510. The van der Waals surface area contributed by atoms with Crippen LogP contribution in [0.4, 0.5) is 0 Å². The molecule has 0 heterocycles. The van der Waals surface area contributed by atoms with Crippen LogP contribution in [0.5, 0.6) is 0 Å². The van der Waals surface area contributed by atoms with Crippen molar-refractivity contribution >= 4 is 23.5 Å². The summed E-state index contributed by atoms with van der Waals surface area (Å²) in [7, 11) is 0. The molecule has 0 aliphatic carbocycles. The zero-order valence-electron chi connectivity index (χ0n) is 29.4. The van der Waals surface area contributed by atoms with Crippen LogP contribution in [0, 0.1) is 0 Å². The van der Waals surface area contributed by atoms with Crippen molar-refractivity contribution in [3.63, 3.8) is 0 Å². The summed E-state index contributed by atoms with van der Waals surface area (Å²) < 4.78 is 0.408. The zero-order valence-corrected chi connectivity index (χ0v) is 31.0. The maximum Gasteiger partial charge on any atom is 0.0555 e. The van der Waals surface area contributed by atoms with Gasteiger partial charge in [0, 0.05) is 0 Å². The van der Waals surface area contributed by atoms with Crippen molar-refractivity contribution in [3.8, 4) is 0 Å². The first-order valence-electron chi connectivity index (χ1n) is 19.4. The van der Waals surface area contributed by atoms with E-state index >= 15 is 0 Å². The van der Waals surface area contributed by atoms with Gasteiger partial charge in [-0.1, -0.05) is 206 Å². The molecule has 0 bridgehead atoms. The summed E-state index contributed by atoms with van der Waals surface area (Å²) in [6, 6.07) is 0. The number of thioether (sulfide) groups is 2. The van der Waals surface area contributed by atoms with E-state index in [4.69, 9.17) is 0 Å². The summed E-state index contributed by atoms with van der Waals surface area (Å²) >= 11 is 4.43. The van der Waals surface area contributed by atoms with Crippen LogP contribution in [0.2, 0.25) is 0 Å². The molecule has 0 aliphatic heterocycles. The SMILES string of the molecule is CCCCCCCCCCCCCCCCCCSC(C)(C)SCCCCCCCCCCCCCCCCCC. The summed E-state index contributed by atoms with van der Waals surface area (Å²) in [6.45, 7) is 9.54. The molecule has 248 valence electrons. The second-order valence-corrected chi connectivity index (χ2v) is 17.4. The Bertz CT molecular complexity index is 420. The topological polar surface area (TPSA) is 0 Å². The van der Waals surface area contributed by atoms with E-state index in [-0.39, 0.29) is 0 Å². The van der Waals surface area contributed by atoms with E-state index in [0.717, 1.165) is 0 Å².